The number of amides is 1. The molecule has 2 aromatic rings. The highest BCUT2D eigenvalue weighted by Gasteiger charge is 2.45. The Kier molecular flexibility index (Phi) is 6.17. The Balaban J connectivity index is 1.40. The van der Waals surface area contributed by atoms with Crippen molar-refractivity contribution >= 4 is 23.2 Å². The molecule has 0 radical (unpaired) electrons. The molecular formula is C23H26ClF2N3O2. The molecule has 166 valence electrons. The van der Waals surface area contributed by atoms with Crippen LogP contribution in [-0.4, -0.2) is 41.2 Å². The average molecular weight is 450 g/mol. The lowest BCUT2D eigenvalue weighted by Crippen LogP contribution is -2.42. The molecule has 0 bridgehead atoms. The number of aromatic nitrogens is 1. The van der Waals surface area contributed by atoms with Crippen LogP contribution >= 0.6 is 11.6 Å². The highest BCUT2D eigenvalue weighted by Crippen LogP contribution is 2.42. The van der Waals surface area contributed by atoms with Crippen molar-refractivity contribution in [1.82, 2.24) is 10.3 Å². The summed E-state index contributed by atoms with van der Waals surface area (Å²) in [6, 6.07) is 8.96. The summed E-state index contributed by atoms with van der Waals surface area (Å²) in [4.78, 5) is 18.5. The quantitative estimate of drug-likeness (QED) is 0.572. The second kappa shape index (κ2) is 8.71. The van der Waals surface area contributed by atoms with Gasteiger partial charge in [0.15, 0.2) is 0 Å². The van der Waals surface area contributed by atoms with E-state index in [1.807, 2.05) is 17.0 Å². The van der Waals surface area contributed by atoms with Gasteiger partial charge in [-0.25, -0.2) is 8.78 Å². The third-order valence-corrected chi connectivity index (χ3v) is 6.21. The second-order valence-electron chi connectivity index (χ2n) is 8.67. The molecule has 8 heteroatoms. The monoisotopic (exact) mass is 449 g/mol. The predicted molar refractivity (Wildman–Crippen MR) is 116 cm³/mol. The number of nitrogens with zero attached hydrogens (tertiary/aromatic N) is 2. The first-order chi connectivity index (χ1) is 14.7. The largest absolute Gasteiger partial charge is 0.374 e. The summed E-state index contributed by atoms with van der Waals surface area (Å²) < 4.78 is 25.8. The topological polar surface area (TPSA) is 65.5 Å². The highest BCUT2D eigenvalue weighted by atomic mass is 35.5. The number of rotatable bonds is 8. The van der Waals surface area contributed by atoms with Crippen LogP contribution in [0.3, 0.4) is 0 Å². The Morgan fingerprint density at radius 1 is 1.29 bits per heavy atom. The Morgan fingerprint density at radius 3 is 2.58 bits per heavy atom. The third-order valence-electron chi connectivity index (χ3n) is 5.91. The molecule has 1 aromatic heterocycles. The van der Waals surface area contributed by atoms with Crippen LogP contribution < -0.4 is 10.2 Å². The third kappa shape index (κ3) is 5.33. The van der Waals surface area contributed by atoms with E-state index in [4.69, 9.17) is 11.6 Å². The van der Waals surface area contributed by atoms with E-state index in [1.54, 1.807) is 25.1 Å². The lowest BCUT2D eigenvalue weighted by molar-refractivity contribution is -0.108. The minimum absolute atomic E-state index is 0.172. The van der Waals surface area contributed by atoms with E-state index >= 15 is 0 Å². The smallest absolute Gasteiger partial charge is 0.252 e. The number of pyridine rings is 1. The molecule has 31 heavy (non-hydrogen) atoms. The van der Waals surface area contributed by atoms with Gasteiger partial charge in [0, 0.05) is 37.7 Å². The molecule has 0 saturated heterocycles. The van der Waals surface area contributed by atoms with E-state index < -0.39 is 12.2 Å². The van der Waals surface area contributed by atoms with Crippen LogP contribution in [0.5, 0.6) is 0 Å². The molecule has 1 heterocycles. The minimum atomic E-state index is -2.58. The summed E-state index contributed by atoms with van der Waals surface area (Å²) in [5, 5.41) is 13.4. The van der Waals surface area contributed by atoms with Crippen LogP contribution in [0.25, 0.3) is 11.3 Å². The zero-order valence-corrected chi connectivity index (χ0v) is 18.1. The molecule has 1 amide bonds. The Bertz CT molecular complexity index is 940. The summed E-state index contributed by atoms with van der Waals surface area (Å²) in [6.07, 6.45) is 2.84. The summed E-state index contributed by atoms with van der Waals surface area (Å²) >= 11 is 6.52. The van der Waals surface area contributed by atoms with Gasteiger partial charge in [-0.3, -0.25) is 9.78 Å². The van der Waals surface area contributed by atoms with Crippen molar-refractivity contribution in [2.24, 2.45) is 11.8 Å². The second-order valence-corrected chi connectivity index (χ2v) is 9.07. The summed E-state index contributed by atoms with van der Waals surface area (Å²) in [7, 11) is 0. The number of alkyl halides is 2. The van der Waals surface area contributed by atoms with Crippen LogP contribution in [0.1, 0.15) is 43.0 Å². The normalized spacial score (nSPS) is 18.9. The van der Waals surface area contributed by atoms with Gasteiger partial charge in [-0.05, 0) is 55.9 Å². The Morgan fingerprint density at radius 2 is 2.03 bits per heavy atom. The van der Waals surface area contributed by atoms with Crippen LogP contribution in [-0.2, 0) is 0 Å². The molecule has 2 aliphatic rings. The van der Waals surface area contributed by atoms with Gasteiger partial charge < -0.3 is 15.3 Å². The summed E-state index contributed by atoms with van der Waals surface area (Å²) in [6.45, 7) is 2.75. The predicted octanol–water partition coefficient (Wildman–Crippen LogP) is 4.73. The minimum Gasteiger partial charge on any atom is -0.374 e. The van der Waals surface area contributed by atoms with E-state index in [0.717, 1.165) is 17.8 Å². The highest BCUT2D eigenvalue weighted by molar-refractivity contribution is 6.33. The fourth-order valence-electron chi connectivity index (χ4n) is 3.90. The molecule has 2 aliphatic carbocycles. The van der Waals surface area contributed by atoms with Crippen molar-refractivity contribution in [3.63, 3.8) is 0 Å². The number of benzene rings is 1. The van der Waals surface area contributed by atoms with Gasteiger partial charge in [0.2, 0.25) is 5.92 Å². The van der Waals surface area contributed by atoms with Crippen molar-refractivity contribution in [1.29, 1.82) is 0 Å². The summed E-state index contributed by atoms with van der Waals surface area (Å²) in [5.74, 6) is -2.48. The molecule has 4 rings (SSSR count). The van der Waals surface area contributed by atoms with Crippen molar-refractivity contribution in [2.45, 2.75) is 44.8 Å². The molecule has 0 spiro atoms. The van der Waals surface area contributed by atoms with Crippen LogP contribution in [0.4, 0.5) is 14.5 Å². The Labute approximate surface area is 185 Å². The molecule has 1 unspecified atom stereocenters. The first-order valence-corrected chi connectivity index (χ1v) is 11.0. The summed E-state index contributed by atoms with van der Waals surface area (Å²) in [5.41, 5.74) is 2.62. The van der Waals surface area contributed by atoms with Gasteiger partial charge in [0.25, 0.3) is 5.91 Å². The number of aliphatic hydroxyl groups excluding tert-OH is 1. The van der Waals surface area contributed by atoms with E-state index in [2.05, 4.69) is 10.3 Å². The number of hydrogen-bond acceptors (Lipinski definition) is 4. The van der Waals surface area contributed by atoms with Crippen LogP contribution in [0.2, 0.25) is 5.02 Å². The van der Waals surface area contributed by atoms with E-state index in [1.165, 1.54) is 19.0 Å². The van der Waals surface area contributed by atoms with E-state index in [-0.39, 0.29) is 31.2 Å². The number of anilines is 1. The van der Waals surface area contributed by atoms with Crippen molar-refractivity contribution in [2.75, 3.05) is 18.0 Å². The molecular weight excluding hydrogens is 424 g/mol. The first-order valence-electron chi connectivity index (χ1n) is 10.6. The molecule has 2 N–H and O–H groups in total. The van der Waals surface area contributed by atoms with Crippen LogP contribution in [0, 0.1) is 11.8 Å². The van der Waals surface area contributed by atoms with Crippen LogP contribution in [0.15, 0.2) is 36.5 Å². The van der Waals surface area contributed by atoms with Gasteiger partial charge in [0.05, 0.1) is 22.0 Å². The molecule has 1 aromatic carbocycles. The number of halogens is 3. The lowest BCUT2D eigenvalue weighted by atomic mass is 9.81. The van der Waals surface area contributed by atoms with Crippen molar-refractivity contribution in [3.05, 3.63) is 47.1 Å². The molecule has 2 fully saturated rings. The number of nitrogens with one attached hydrogen (secondary N) is 1. The molecule has 0 aliphatic heterocycles. The molecule has 5 nitrogen and oxygen atoms in total. The zero-order valence-electron chi connectivity index (χ0n) is 17.3. The van der Waals surface area contributed by atoms with Gasteiger partial charge in [0.1, 0.15) is 6.23 Å². The maximum absolute atomic E-state index is 12.9. The fourth-order valence-corrected chi connectivity index (χ4v) is 4.19. The van der Waals surface area contributed by atoms with Crippen molar-refractivity contribution < 1.29 is 18.7 Å². The average Bonchev–Trinajstić information content (AvgIpc) is 3.53. The molecule has 1 atom stereocenters. The maximum Gasteiger partial charge on any atom is 0.252 e. The SMILES string of the molecule is CC(O)N(CC1CC1)c1ccc(-c2ccc(C(=O)NCC3CC(F)(F)C3)cn2)cc1Cl. The van der Waals surface area contributed by atoms with Gasteiger partial charge in [-0.1, -0.05) is 17.7 Å². The number of carbonyl (C=O) groups is 1. The van der Waals surface area contributed by atoms with Crippen molar-refractivity contribution in [3.8, 4) is 11.3 Å². The van der Waals surface area contributed by atoms with E-state index in [9.17, 15) is 18.7 Å². The Hall–Kier alpha value is -2.25. The zero-order chi connectivity index (χ0) is 22.2. The number of carbonyl (C=O) groups excluding carboxylic acids is 1. The number of aliphatic hydroxyl groups is 1. The fraction of sp³-hybridized carbons (Fsp3) is 0.478. The molecule has 2 saturated carbocycles. The number of hydrogen-bond donors (Lipinski definition) is 2. The van der Waals surface area contributed by atoms with E-state index in [0.29, 0.717) is 22.2 Å². The van der Waals surface area contributed by atoms with Gasteiger partial charge >= 0.3 is 0 Å². The lowest BCUT2D eigenvalue weighted by Gasteiger charge is -2.34. The van der Waals surface area contributed by atoms with Gasteiger partial charge in [-0.15, -0.1) is 0 Å². The maximum atomic E-state index is 12.9. The standard InChI is InChI=1S/C23H26ClF2N3O2/c1-14(30)29(13-15-2-3-15)21-7-5-17(8-19(21)24)20-6-4-18(12-27-20)22(31)28-11-16-9-23(25,26)10-16/h4-8,12,14-16,30H,2-3,9-11,13H2,1H3,(H,28,31). The first kappa shape index (κ1) is 22.0. The van der Waals surface area contributed by atoms with Gasteiger partial charge in [-0.2, -0.15) is 0 Å².